The van der Waals surface area contributed by atoms with Gasteiger partial charge in [-0.3, -0.25) is 4.79 Å². The Kier molecular flexibility index (Phi) is 4.39. The fraction of sp³-hybridized carbons (Fsp3) is 0.864. The Morgan fingerprint density at radius 2 is 2.04 bits per heavy atom. The molecular weight excluding hydrogens is 312 g/mol. The van der Waals surface area contributed by atoms with E-state index in [0.29, 0.717) is 24.2 Å². The lowest BCUT2D eigenvalue weighted by atomic mass is 9.51. The van der Waals surface area contributed by atoms with Crippen molar-refractivity contribution in [2.45, 2.75) is 70.8 Å². The monoisotopic (exact) mass is 346 g/mol. The molecule has 3 saturated carbocycles. The van der Waals surface area contributed by atoms with Gasteiger partial charge in [0.15, 0.2) is 0 Å². The van der Waals surface area contributed by atoms with Crippen molar-refractivity contribution in [1.29, 1.82) is 0 Å². The van der Waals surface area contributed by atoms with Crippen LogP contribution in [0.25, 0.3) is 0 Å². The maximum atomic E-state index is 12.2. The lowest BCUT2D eigenvalue weighted by Gasteiger charge is -2.54. The Morgan fingerprint density at radius 3 is 2.76 bits per heavy atom. The topological polar surface area (TPSA) is 46.5 Å². The number of ether oxygens (including phenoxy) is 1. The first-order valence-electron chi connectivity index (χ1n) is 10.3. The van der Waals surface area contributed by atoms with Crippen LogP contribution in [-0.2, 0) is 9.53 Å². The summed E-state index contributed by atoms with van der Waals surface area (Å²) in [6.45, 7) is 4.66. The van der Waals surface area contributed by atoms with Crippen LogP contribution in [0.1, 0.15) is 65.2 Å². The van der Waals surface area contributed by atoms with Crippen LogP contribution in [0, 0.1) is 35.0 Å². The van der Waals surface area contributed by atoms with E-state index in [-0.39, 0.29) is 5.41 Å². The van der Waals surface area contributed by atoms with E-state index in [1.165, 1.54) is 24.8 Å². The zero-order valence-corrected chi connectivity index (χ0v) is 16.1. The van der Waals surface area contributed by atoms with Crippen LogP contribution in [0.4, 0.5) is 0 Å². The maximum absolute atomic E-state index is 12.2. The Bertz CT molecular complexity index is 582. The highest BCUT2D eigenvalue weighted by Crippen LogP contribution is 2.63. The number of methoxy groups -OCH3 is 1. The Balaban J connectivity index is 1.56. The van der Waals surface area contributed by atoms with Crippen LogP contribution in [0.2, 0.25) is 0 Å². The summed E-state index contributed by atoms with van der Waals surface area (Å²) < 4.78 is 5.27. The van der Waals surface area contributed by atoms with E-state index in [1.54, 1.807) is 14.0 Å². The predicted octanol–water partition coefficient (Wildman–Crippen LogP) is 4.14. The van der Waals surface area contributed by atoms with E-state index in [4.69, 9.17) is 4.74 Å². The van der Waals surface area contributed by atoms with Gasteiger partial charge in [0.25, 0.3) is 0 Å². The second-order valence-electron chi connectivity index (χ2n) is 9.71. The molecule has 3 heteroatoms. The van der Waals surface area contributed by atoms with Crippen molar-refractivity contribution in [2.24, 2.45) is 35.0 Å². The van der Waals surface area contributed by atoms with Crippen LogP contribution in [-0.4, -0.2) is 30.2 Å². The fourth-order valence-corrected chi connectivity index (χ4v) is 7.42. The number of Topliss-reactive ketones (excluding diaryl/α,β-unsaturated/α-hetero) is 1. The van der Waals surface area contributed by atoms with E-state index in [9.17, 15) is 9.90 Å². The minimum absolute atomic E-state index is 0.240. The standard InChI is InChI=1S/C22H34O3/c1-14(23)19-6-7-20-18-5-4-15-12-22(24,13-25-3)11-9-16(15)17(18)8-10-21(19,20)2/h4,16-20,24H,5-13H2,1-3H3/t16?,17-,18?,19-,20+,21-,22-/m1/s1. The molecule has 0 aromatic heterocycles. The van der Waals surface area contributed by atoms with Crippen LogP contribution >= 0.6 is 0 Å². The molecule has 0 bridgehead atoms. The zero-order chi connectivity index (χ0) is 17.8. The number of carbonyl (C=O) groups excluding carboxylic acids is 1. The number of rotatable bonds is 3. The van der Waals surface area contributed by atoms with Crippen LogP contribution in [0.15, 0.2) is 11.6 Å². The van der Waals surface area contributed by atoms with E-state index in [0.717, 1.165) is 49.9 Å². The Hall–Kier alpha value is -0.670. The molecule has 3 nitrogen and oxygen atoms in total. The van der Waals surface area contributed by atoms with Gasteiger partial charge in [0.1, 0.15) is 5.78 Å². The largest absolute Gasteiger partial charge is 0.387 e. The average molecular weight is 347 g/mol. The van der Waals surface area contributed by atoms with Crippen LogP contribution in [0.3, 0.4) is 0 Å². The van der Waals surface area contributed by atoms with Gasteiger partial charge in [-0.2, -0.15) is 0 Å². The quantitative estimate of drug-likeness (QED) is 0.781. The summed E-state index contributed by atoms with van der Waals surface area (Å²) in [5, 5.41) is 10.8. The van der Waals surface area contributed by atoms with Gasteiger partial charge in [-0.15, -0.1) is 0 Å². The van der Waals surface area contributed by atoms with Crippen molar-refractivity contribution >= 4 is 5.78 Å². The first-order chi connectivity index (χ1) is 11.9. The third kappa shape index (κ3) is 2.73. The van der Waals surface area contributed by atoms with Gasteiger partial charge in [0.2, 0.25) is 0 Å². The number of hydrogen-bond donors (Lipinski definition) is 1. The molecule has 140 valence electrons. The minimum Gasteiger partial charge on any atom is -0.387 e. The summed E-state index contributed by atoms with van der Waals surface area (Å²) in [4.78, 5) is 12.2. The number of ketones is 1. The van der Waals surface area contributed by atoms with Gasteiger partial charge in [-0.1, -0.05) is 18.6 Å². The molecule has 25 heavy (non-hydrogen) atoms. The molecule has 0 saturated heterocycles. The smallest absolute Gasteiger partial charge is 0.133 e. The first kappa shape index (κ1) is 17.7. The fourth-order valence-electron chi connectivity index (χ4n) is 7.42. The van der Waals surface area contributed by atoms with Crippen LogP contribution in [0.5, 0.6) is 0 Å². The van der Waals surface area contributed by atoms with Gasteiger partial charge < -0.3 is 9.84 Å². The lowest BCUT2D eigenvalue weighted by Crippen LogP contribution is -2.49. The van der Waals surface area contributed by atoms with Crippen molar-refractivity contribution in [2.75, 3.05) is 13.7 Å². The molecule has 0 amide bonds. The zero-order valence-electron chi connectivity index (χ0n) is 16.1. The highest BCUT2D eigenvalue weighted by atomic mass is 16.5. The summed E-state index contributed by atoms with van der Waals surface area (Å²) in [5.41, 5.74) is 1.08. The first-order valence-corrected chi connectivity index (χ1v) is 10.3. The molecule has 7 atom stereocenters. The number of allylic oxidation sites excluding steroid dienone is 1. The highest BCUT2D eigenvalue weighted by molar-refractivity contribution is 5.79. The summed E-state index contributed by atoms with van der Waals surface area (Å²) >= 11 is 0. The van der Waals surface area contributed by atoms with Crippen molar-refractivity contribution in [3.8, 4) is 0 Å². The molecule has 3 fully saturated rings. The summed E-state index contributed by atoms with van der Waals surface area (Å²) in [7, 11) is 1.68. The second-order valence-corrected chi connectivity index (χ2v) is 9.71. The third-order valence-corrected chi connectivity index (χ3v) is 8.50. The Morgan fingerprint density at radius 1 is 1.24 bits per heavy atom. The molecule has 4 aliphatic carbocycles. The van der Waals surface area contributed by atoms with Gasteiger partial charge in [-0.25, -0.2) is 0 Å². The molecular formula is C22H34O3. The third-order valence-electron chi connectivity index (χ3n) is 8.50. The number of carbonyl (C=O) groups is 1. The number of fused-ring (bicyclic) bond motifs is 5. The van der Waals surface area contributed by atoms with Crippen molar-refractivity contribution < 1.29 is 14.6 Å². The molecule has 4 rings (SSSR count). The van der Waals surface area contributed by atoms with Gasteiger partial charge >= 0.3 is 0 Å². The van der Waals surface area contributed by atoms with Gasteiger partial charge in [-0.05, 0) is 87.4 Å². The normalized spacial score (nSPS) is 49.0. The van der Waals surface area contributed by atoms with Crippen molar-refractivity contribution in [3.05, 3.63) is 11.6 Å². The Labute approximate surface area is 152 Å². The highest BCUT2D eigenvalue weighted by Gasteiger charge is 2.57. The molecule has 4 aliphatic rings. The van der Waals surface area contributed by atoms with E-state index in [2.05, 4.69) is 13.0 Å². The van der Waals surface area contributed by atoms with E-state index in [1.807, 2.05) is 0 Å². The predicted molar refractivity (Wildman–Crippen MR) is 98.1 cm³/mol. The molecule has 0 aromatic rings. The maximum Gasteiger partial charge on any atom is 0.133 e. The molecule has 0 aromatic carbocycles. The number of aliphatic hydroxyl groups is 1. The molecule has 0 heterocycles. The molecule has 0 aliphatic heterocycles. The van der Waals surface area contributed by atoms with E-state index < -0.39 is 5.60 Å². The second kappa shape index (κ2) is 6.20. The SMILES string of the molecule is COC[C@@]1(O)CCC2C(=CCC3[C@@H]2CC[C@]2(C)[C@@H](C(C)=O)CC[C@@H]32)C1. The summed E-state index contributed by atoms with van der Waals surface area (Å²) in [6, 6.07) is 0. The van der Waals surface area contributed by atoms with Gasteiger partial charge in [0.05, 0.1) is 12.2 Å². The summed E-state index contributed by atoms with van der Waals surface area (Å²) in [5.74, 6) is 3.62. The molecule has 1 N–H and O–H groups in total. The van der Waals surface area contributed by atoms with Crippen LogP contribution < -0.4 is 0 Å². The average Bonchev–Trinajstić information content (AvgIpc) is 2.91. The van der Waals surface area contributed by atoms with Crippen molar-refractivity contribution in [1.82, 2.24) is 0 Å². The van der Waals surface area contributed by atoms with Gasteiger partial charge in [0, 0.05) is 13.0 Å². The number of hydrogen-bond acceptors (Lipinski definition) is 3. The molecule has 2 unspecified atom stereocenters. The summed E-state index contributed by atoms with van der Waals surface area (Å²) in [6.07, 6.45) is 11.2. The van der Waals surface area contributed by atoms with Crippen molar-refractivity contribution in [3.63, 3.8) is 0 Å². The molecule has 0 spiro atoms. The lowest BCUT2D eigenvalue weighted by molar-refractivity contribution is -0.127. The molecule has 0 radical (unpaired) electrons. The van der Waals surface area contributed by atoms with E-state index >= 15 is 0 Å². The minimum atomic E-state index is -0.653.